The van der Waals surface area contributed by atoms with Gasteiger partial charge >= 0.3 is 0 Å². The van der Waals surface area contributed by atoms with Gasteiger partial charge in [0.1, 0.15) is 17.6 Å². The monoisotopic (exact) mass is 373 g/mol. The Labute approximate surface area is 164 Å². The van der Waals surface area contributed by atoms with Gasteiger partial charge in [-0.15, -0.1) is 0 Å². The maximum absolute atomic E-state index is 12.7. The first-order chi connectivity index (χ1) is 13.3. The molecule has 28 heavy (non-hydrogen) atoms. The highest BCUT2D eigenvalue weighted by Crippen LogP contribution is 2.25. The van der Waals surface area contributed by atoms with Gasteiger partial charge < -0.3 is 5.32 Å². The van der Waals surface area contributed by atoms with Crippen molar-refractivity contribution in [2.45, 2.75) is 39.7 Å². The van der Waals surface area contributed by atoms with Crippen molar-refractivity contribution in [1.29, 1.82) is 5.26 Å². The molecule has 2 aromatic heterocycles. The number of aryl methyl sites for hydroxylation is 1. The first-order valence-corrected chi connectivity index (χ1v) is 9.09. The summed E-state index contributed by atoms with van der Waals surface area (Å²) in [5.74, 6) is 0.282. The van der Waals surface area contributed by atoms with Crippen molar-refractivity contribution in [3.63, 3.8) is 0 Å². The molecule has 0 aliphatic carbocycles. The highest BCUT2D eigenvalue weighted by molar-refractivity contribution is 6.02. The molecule has 0 fully saturated rings. The van der Waals surface area contributed by atoms with Crippen LogP contribution in [0.3, 0.4) is 0 Å². The van der Waals surface area contributed by atoms with Crippen molar-refractivity contribution >= 4 is 11.7 Å². The molecular weight excluding hydrogens is 350 g/mol. The molecule has 0 bridgehead atoms. The van der Waals surface area contributed by atoms with Crippen molar-refractivity contribution < 1.29 is 4.79 Å². The van der Waals surface area contributed by atoms with E-state index in [1.54, 1.807) is 23.7 Å². The normalized spacial score (nSPS) is 11.1. The molecule has 1 N–H and O–H groups in total. The molecule has 6 heteroatoms. The summed E-state index contributed by atoms with van der Waals surface area (Å²) in [7, 11) is 0. The summed E-state index contributed by atoms with van der Waals surface area (Å²) < 4.78 is 1.80. The van der Waals surface area contributed by atoms with E-state index in [1.807, 2.05) is 36.4 Å². The van der Waals surface area contributed by atoms with Gasteiger partial charge in [-0.3, -0.25) is 4.79 Å². The average Bonchev–Trinajstić information content (AvgIpc) is 3.05. The van der Waals surface area contributed by atoms with E-state index < -0.39 is 0 Å². The predicted molar refractivity (Wildman–Crippen MR) is 108 cm³/mol. The van der Waals surface area contributed by atoms with Crippen LogP contribution >= 0.6 is 0 Å². The zero-order chi connectivity index (χ0) is 20.3. The summed E-state index contributed by atoms with van der Waals surface area (Å²) in [5, 5.41) is 16.7. The molecule has 0 spiro atoms. The fourth-order valence-electron chi connectivity index (χ4n) is 2.75. The van der Waals surface area contributed by atoms with Crippen molar-refractivity contribution in [3.05, 3.63) is 76.7 Å². The molecular formula is C22H23N5O. The maximum Gasteiger partial charge on any atom is 0.275 e. The highest BCUT2D eigenvalue weighted by Gasteiger charge is 2.21. The van der Waals surface area contributed by atoms with Crippen LogP contribution in [0.15, 0.2) is 48.5 Å². The standard InChI is InChI=1S/C22H23N5O/c1-15-17(13-23)10-11-18(24-15)21(28)25-20-12-19(22(2,3)4)26-27(20)14-16-8-6-5-7-9-16/h5-12H,14H2,1-4H3,(H,25,28). The smallest absolute Gasteiger partial charge is 0.275 e. The average molecular weight is 373 g/mol. The second kappa shape index (κ2) is 7.65. The molecule has 0 aliphatic rings. The number of hydrogen-bond donors (Lipinski definition) is 1. The lowest BCUT2D eigenvalue weighted by Crippen LogP contribution is -2.18. The number of pyridine rings is 1. The molecule has 3 rings (SSSR count). The van der Waals surface area contributed by atoms with E-state index in [0.717, 1.165) is 11.3 Å². The molecule has 0 unspecified atom stereocenters. The number of nitriles is 1. The molecule has 142 valence electrons. The SMILES string of the molecule is Cc1nc(C(=O)Nc2cc(C(C)(C)C)nn2Cc2ccccc2)ccc1C#N. The fraction of sp³-hybridized carbons (Fsp3) is 0.273. The van der Waals surface area contributed by atoms with E-state index in [2.05, 4.69) is 37.1 Å². The van der Waals surface area contributed by atoms with Crippen molar-refractivity contribution in [1.82, 2.24) is 14.8 Å². The zero-order valence-corrected chi connectivity index (χ0v) is 16.5. The Morgan fingerprint density at radius 1 is 1.18 bits per heavy atom. The third-order valence-corrected chi connectivity index (χ3v) is 4.40. The Morgan fingerprint density at radius 3 is 2.50 bits per heavy atom. The van der Waals surface area contributed by atoms with Crippen molar-refractivity contribution in [2.24, 2.45) is 0 Å². The minimum absolute atomic E-state index is 0.148. The number of amides is 1. The summed E-state index contributed by atoms with van der Waals surface area (Å²) in [6.45, 7) is 8.51. The molecule has 0 saturated heterocycles. The van der Waals surface area contributed by atoms with Gasteiger partial charge in [-0.1, -0.05) is 51.1 Å². The second-order valence-corrected chi connectivity index (χ2v) is 7.70. The Bertz CT molecular complexity index is 1040. The van der Waals surface area contributed by atoms with E-state index in [4.69, 9.17) is 10.4 Å². The Hall–Kier alpha value is -3.46. The molecule has 0 atom stereocenters. The van der Waals surface area contributed by atoms with Crippen LogP contribution < -0.4 is 5.32 Å². The van der Waals surface area contributed by atoms with Crippen LogP contribution in [-0.4, -0.2) is 20.7 Å². The lowest BCUT2D eigenvalue weighted by atomic mass is 9.92. The minimum Gasteiger partial charge on any atom is -0.305 e. The van der Waals surface area contributed by atoms with Crippen LogP contribution in [-0.2, 0) is 12.0 Å². The van der Waals surface area contributed by atoms with Gasteiger partial charge in [0.25, 0.3) is 5.91 Å². The summed E-state index contributed by atoms with van der Waals surface area (Å²) >= 11 is 0. The zero-order valence-electron chi connectivity index (χ0n) is 16.5. The number of carbonyl (C=O) groups is 1. The summed E-state index contributed by atoms with van der Waals surface area (Å²) in [6, 6.07) is 17.1. The number of hydrogen-bond acceptors (Lipinski definition) is 4. The van der Waals surface area contributed by atoms with E-state index in [0.29, 0.717) is 23.6 Å². The second-order valence-electron chi connectivity index (χ2n) is 7.70. The minimum atomic E-state index is -0.331. The fourth-order valence-corrected chi connectivity index (χ4v) is 2.75. The van der Waals surface area contributed by atoms with Crippen LogP contribution in [0.5, 0.6) is 0 Å². The molecule has 2 heterocycles. The third kappa shape index (κ3) is 4.26. The molecule has 0 radical (unpaired) electrons. The lowest BCUT2D eigenvalue weighted by Gasteiger charge is -2.14. The van der Waals surface area contributed by atoms with Gasteiger partial charge in [0.15, 0.2) is 0 Å². The molecule has 3 aromatic rings. The van der Waals surface area contributed by atoms with Gasteiger partial charge in [-0.25, -0.2) is 9.67 Å². The number of aromatic nitrogens is 3. The summed E-state index contributed by atoms with van der Waals surface area (Å²) in [4.78, 5) is 17.0. The van der Waals surface area contributed by atoms with Crippen LogP contribution in [0.4, 0.5) is 5.82 Å². The number of nitrogens with zero attached hydrogens (tertiary/aromatic N) is 4. The molecule has 1 amide bonds. The maximum atomic E-state index is 12.7. The quantitative estimate of drug-likeness (QED) is 0.747. The van der Waals surface area contributed by atoms with Crippen LogP contribution in [0.1, 0.15) is 53.8 Å². The highest BCUT2D eigenvalue weighted by atomic mass is 16.2. The van der Waals surface area contributed by atoms with Gasteiger partial charge in [0, 0.05) is 11.5 Å². The molecule has 0 aliphatic heterocycles. The van der Waals surface area contributed by atoms with Crippen LogP contribution in [0.2, 0.25) is 0 Å². The lowest BCUT2D eigenvalue weighted by molar-refractivity contribution is 0.102. The van der Waals surface area contributed by atoms with E-state index in [9.17, 15) is 4.79 Å². The number of carbonyl (C=O) groups excluding carboxylic acids is 1. The first-order valence-electron chi connectivity index (χ1n) is 9.09. The number of benzene rings is 1. The summed E-state index contributed by atoms with van der Waals surface area (Å²) in [5.41, 5.74) is 3.09. The topological polar surface area (TPSA) is 83.6 Å². The Morgan fingerprint density at radius 2 is 1.89 bits per heavy atom. The van der Waals surface area contributed by atoms with E-state index >= 15 is 0 Å². The Balaban J connectivity index is 1.91. The van der Waals surface area contributed by atoms with Crippen LogP contribution in [0.25, 0.3) is 0 Å². The Kier molecular flexibility index (Phi) is 5.27. The number of rotatable bonds is 4. The molecule has 6 nitrogen and oxygen atoms in total. The van der Waals surface area contributed by atoms with Gasteiger partial charge in [-0.2, -0.15) is 10.4 Å². The summed E-state index contributed by atoms with van der Waals surface area (Å²) in [6.07, 6.45) is 0. The first kappa shape index (κ1) is 19.3. The molecule has 0 saturated carbocycles. The third-order valence-electron chi connectivity index (χ3n) is 4.40. The van der Waals surface area contributed by atoms with Gasteiger partial charge in [0.2, 0.25) is 0 Å². The van der Waals surface area contributed by atoms with Crippen LogP contribution in [0, 0.1) is 18.3 Å². The van der Waals surface area contributed by atoms with E-state index in [1.165, 1.54) is 0 Å². The van der Waals surface area contributed by atoms with Crippen molar-refractivity contribution in [2.75, 3.05) is 5.32 Å². The molecule has 1 aromatic carbocycles. The predicted octanol–water partition coefficient (Wildman–Crippen LogP) is 4.06. The number of nitrogens with one attached hydrogen (secondary N) is 1. The van der Waals surface area contributed by atoms with Gasteiger partial charge in [0.05, 0.1) is 23.5 Å². The van der Waals surface area contributed by atoms with E-state index in [-0.39, 0.29) is 17.0 Å². The number of anilines is 1. The largest absolute Gasteiger partial charge is 0.305 e. The van der Waals surface area contributed by atoms with Crippen molar-refractivity contribution in [3.8, 4) is 6.07 Å². The van der Waals surface area contributed by atoms with Gasteiger partial charge in [-0.05, 0) is 24.6 Å².